The van der Waals surface area contributed by atoms with E-state index in [1.165, 1.54) is 7.11 Å². The highest BCUT2D eigenvalue weighted by Gasteiger charge is 2.12. The lowest BCUT2D eigenvalue weighted by atomic mass is 10.3. The van der Waals surface area contributed by atoms with Gasteiger partial charge in [-0.25, -0.2) is 4.98 Å². The Morgan fingerprint density at radius 1 is 1.47 bits per heavy atom. The molecule has 90 valence electrons. The Bertz CT molecular complexity index is 536. The molecule has 0 aliphatic carbocycles. The first-order valence-electron chi connectivity index (χ1n) is 5.33. The molecule has 0 saturated carbocycles. The van der Waals surface area contributed by atoms with Crippen LogP contribution >= 0.6 is 11.6 Å². The predicted molar refractivity (Wildman–Crippen MR) is 66.2 cm³/mol. The number of halogens is 1. The third-order valence-electron chi connectivity index (χ3n) is 2.57. The summed E-state index contributed by atoms with van der Waals surface area (Å²) in [4.78, 5) is 15.8. The van der Waals surface area contributed by atoms with E-state index in [1.807, 2.05) is 28.8 Å². The van der Waals surface area contributed by atoms with Crippen LogP contribution in [0.1, 0.15) is 5.82 Å². The van der Waals surface area contributed by atoms with E-state index in [2.05, 4.69) is 9.72 Å². The minimum absolute atomic E-state index is 0.170. The molecule has 0 fully saturated rings. The summed E-state index contributed by atoms with van der Waals surface area (Å²) < 4.78 is 6.54. The molecule has 1 aromatic carbocycles. The number of ether oxygens (including phenoxy) is 1. The summed E-state index contributed by atoms with van der Waals surface area (Å²) in [6.07, 6.45) is 0.632. The first kappa shape index (κ1) is 11.9. The number of alkyl halides is 1. The molecule has 0 unspecified atom stereocenters. The van der Waals surface area contributed by atoms with Crippen molar-refractivity contribution in [3.05, 3.63) is 30.1 Å². The van der Waals surface area contributed by atoms with Gasteiger partial charge in [-0.05, 0) is 12.1 Å². The van der Waals surface area contributed by atoms with Crippen LogP contribution in [0.2, 0.25) is 0 Å². The number of nitrogens with zero attached hydrogens (tertiary/aromatic N) is 2. The van der Waals surface area contributed by atoms with Crippen molar-refractivity contribution in [3.8, 4) is 0 Å². The zero-order valence-electron chi connectivity index (χ0n) is 9.52. The number of para-hydroxylation sites is 2. The summed E-state index contributed by atoms with van der Waals surface area (Å²) in [6, 6.07) is 7.69. The van der Waals surface area contributed by atoms with Gasteiger partial charge in [-0.2, -0.15) is 0 Å². The minimum Gasteiger partial charge on any atom is -0.468 e. The summed E-state index contributed by atoms with van der Waals surface area (Å²) in [5, 5.41) is 0. The van der Waals surface area contributed by atoms with Gasteiger partial charge in [0.15, 0.2) is 0 Å². The van der Waals surface area contributed by atoms with E-state index in [1.54, 1.807) is 0 Å². The summed E-state index contributed by atoms with van der Waals surface area (Å²) in [7, 11) is 1.38. The van der Waals surface area contributed by atoms with Crippen LogP contribution in [0.4, 0.5) is 0 Å². The molecule has 0 aliphatic rings. The van der Waals surface area contributed by atoms with Crippen LogP contribution in [0.25, 0.3) is 11.0 Å². The number of aromatic nitrogens is 2. The number of carbonyl (C=O) groups is 1. The van der Waals surface area contributed by atoms with E-state index in [9.17, 15) is 4.79 Å². The Balaban J connectivity index is 2.47. The highest BCUT2D eigenvalue weighted by molar-refractivity contribution is 6.17. The fourth-order valence-corrected chi connectivity index (χ4v) is 1.94. The Labute approximate surface area is 104 Å². The van der Waals surface area contributed by atoms with Gasteiger partial charge in [-0.15, -0.1) is 11.6 Å². The van der Waals surface area contributed by atoms with E-state index in [0.717, 1.165) is 16.9 Å². The molecule has 4 nitrogen and oxygen atoms in total. The lowest BCUT2D eigenvalue weighted by molar-refractivity contribution is -0.141. The van der Waals surface area contributed by atoms with Gasteiger partial charge in [-0.3, -0.25) is 4.79 Å². The molecule has 5 heteroatoms. The normalized spacial score (nSPS) is 10.7. The third kappa shape index (κ3) is 2.42. The Hall–Kier alpha value is -1.55. The molecule has 0 aliphatic heterocycles. The third-order valence-corrected chi connectivity index (χ3v) is 2.76. The number of hydrogen-bond acceptors (Lipinski definition) is 3. The predicted octanol–water partition coefficient (Wildman–Crippen LogP) is 1.99. The van der Waals surface area contributed by atoms with Crippen molar-refractivity contribution >= 4 is 28.6 Å². The van der Waals surface area contributed by atoms with Gasteiger partial charge in [0.25, 0.3) is 0 Å². The molecule has 1 aromatic heterocycles. The molecule has 0 spiro atoms. The van der Waals surface area contributed by atoms with Gasteiger partial charge in [0.2, 0.25) is 0 Å². The van der Waals surface area contributed by atoms with Crippen LogP contribution in [0.15, 0.2) is 24.3 Å². The Morgan fingerprint density at radius 2 is 2.24 bits per heavy atom. The van der Waals surface area contributed by atoms with E-state index < -0.39 is 0 Å². The molecular formula is C12H13ClN2O2. The molecule has 1 heterocycles. The summed E-state index contributed by atoms with van der Waals surface area (Å²) in [5.41, 5.74) is 1.80. The number of fused-ring (bicyclic) bond motifs is 1. The van der Waals surface area contributed by atoms with Crippen LogP contribution in [0.5, 0.6) is 0 Å². The maximum Gasteiger partial charge on any atom is 0.325 e. The fourth-order valence-electron chi connectivity index (χ4n) is 1.77. The van der Waals surface area contributed by atoms with Crippen LogP contribution in [0, 0.1) is 0 Å². The first-order valence-corrected chi connectivity index (χ1v) is 5.86. The molecule has 0 amide bonds. The van der Waals surface area contributed by atoms with E-state index >= 15 is 0 Å². The molecule has 0 radical (unpaired) electrons. The molecule has 0 N–H and O–H groups in total. The molecule has 0 atom stereocenters. The van der Waals surface area contributed by atoms with Crippen molar-refractivity contribution < 1.29 is 9.53 Å². The zero-order valence-corrected chi connectivity index (χ0v) is 10.3. The fraction of sp³-hybridized carbons (Fsp3) is 0.333. The molecule has 0 bridgehead atoms. The first-order chi connectivity index (χ1) is 8.26. The molecule has 17 heavy (non-hydrogen) atoms. The maximum absolute atomic E-state index is 11.4. The number of esters is 1. The molecular weight excluding hydrogens is 240 g/mol. The minimum atomic E-state index is -0.288. The number of aryl methyl sites for hydroxylation is 1. The molecule has 0 saturated heterocycles. The van der Waals surface area contributed by atoms with Gasteiger partial charge < -0.3 is 9.30 Å². The lowest BCUT2D eigenvalue weighted by Crippen LogP contribution is -2.14. The number of hydrogen-bond donors (Lipinski definition) is 0. The quantitative estimate of drug-likeness (QED) is 0.617. The van der Waals surface area contributed by atoms with Crippen molar-refractivity contribution in [1.82, 2.24) is 9.55 Å². The second-order valence-corrected chi connectivity index (χ2v) is 4.00. The second-order valence-electron chi connectivity index (χ2n) is 3.62. The van der Waals surface area contributed by atoms with Gasteiger partial charge in [-0.1, -0.05) is 12.1 Å². The molecule has 2 aromatic rings. The van der Waals surface area contributed by atoms with Crippen LogP contribution in [0.3, 0.4) is 0 Å². The van der Waals surface area contributed by atoms with Crippen molar-refractivity contribution in [2.45, 2.75) is 13.0 Å². The highest BCUT2D eigenvalue weighted by Crippen LogP contribution is 2.16. The topological polar surface area (TPSA) is 44.1 Å². The van der Waals surface area contributed by atoms with Gasteiger partial charge in [0, 0.05) is 12.3 Å². The van der Waals surface area contributed by atoms with Crippen molar-refractivity contribution in [2.75, 3.05) is 13.0 Å². The summed E-state index contributed by atoms with van der Waals surface area (Å²) in [6.45, 7) is 0.170. The smallest absolute Gasteiger partial charge is 0.325 e. The van der Waals surface area contributed by atoms with E-state index in [-0.39, 0.29) is 12.5 Å². The average molecular weight is 253 g/mol. The van der Waals surface area contributed by atoms with E-state index in [0.29, 0.717) is 12.3 Å². The van der Waals surface area contributed by atoms with Gasteiger partial charge in [0.05, 0.1) is 18.1 Å². The molecule has 2 rings (SSSR count). The number of carbonyl (C=O) groups excluding carboxylic acids is 1. The monoisotopic (exact) mass is 252 g/mol. The summed E-state index contributed by atoms with van der Waals surface area (Å²) >= 11 is 5.74. The number of rotatable bonds is 4. The van der Waals surface area contributed by atoms with Crippen molar-refractivity contribution in [1.29, 1.82) is 0 Å². The number of imidazole rings is 1. The maximum atomic E-state index is 11.4. The zero-order chi connectivity index (χ0) is 12.3. The van der Waals surface area contributed by atoms with E-state index in [4.69, 9.17) is 11.6 Å². The second kappa shape index (κ2) is 5.19. The van der Waals surface area contributed by atoms with Crippen LogP contribution in [-0.2, 0) is 22.5 Å². The Morgan fingerprint density at radius 3 is 2.94 bits per heavy atom. The van der Waals surface area contributed by atoms with Crippen LogP contribution < -0.4 is 0 Å². The van der Waals surface area contributed by atoms with Gasteiger partial charge in [0.1, 0.15) is 12.4 Å². The number of benzene rings is 1. The van der Waals surface area contributed by atoms with Crippen molar-refractivity contribution in [3.63, 3.8) is 0 Å². The van der Waals surface area contributed by atoms with Crippen LogP contribution in [-0.4, -0.2) is 28.5 Å². The average Bonchev–Trinajstić information content (AvgIpc) is 2.68. The largest absolute Gasteiger partial charge is 0.468 e. The Kier molecular flexibility index (Phi) is 3.64. The standard InChI is InChI=1S/C12H13ClN2O2/c1-17-12(16)8-15-10-5-3-2-4-9(10)14-11(15)6-7-13/h2-5H,6-8H2,1H3. The lowest BCUT2D eigenvalue weighted by Gasteiger charge is -2.06. The van der Waals surface area contributed by atoms with Crippen molar-refractivity contribution in [2.24, 2.45) is 0 Å². The highest BCUT2D eigenvalue weighted by atomic mass is 35.5. The number of methoxy groups -OCH3 is 1. The SMILES string of the molecule is COC(=O)Cn1c(CCCl)nc2ccccc21. The summed E-state index contributed by atoms with van der Waals surface area (Å²) in [5.74, 6) is 1.00. The van der Waals surface area contributed by atoms with Gasteiger partial charge >= 0.3 is 5.97 Å².